The Labute approximate surface area is 109 Å². The highest BCUT2D eigenvalue weighted by molar-refractivity contribution is 7.09. The van der Waals surface area contributed by atoms with E-state index in [1.165, 1.54) is 0 Å². The molecule has 0 saturated carbocycles. The molecule has 2 aromatic heterocycles. The van der Waals surface area contributed by atoms with Gasteiger partial charge in [-0.2, -0.15) is 4.98 Å². The van der Waals surface area contributed by atoms with Crippen LogP contribution >= 0.6 is 11.3 Å². The fourth-order valence-electron chi connectivity index (χ4n) is 1.37. The van der Waals surface area contributed by atoms with E-state index in [0.29, 0.717) is 19.0 Å². The molecule has 7 heteroatoms. The monoisotopic (exact) mass is 269 g/mol. The number of ether oxygens (including phenoxy) is 2. The minimum atomic E-state index is 0.0133. The van der Waals surface area contributed by atoms with Gasteiger partial charge in [-0.15, -0.1) is 11.3 Å². The van der Waals surface area contributed by atoms with Crippen molar-refractivity contribution in [3.8, 4) is 6.08 Å². The van der Waals surface area contributed by atoms with Crippen LogP contribution in [0.2, 0.25) is 0 Å². The molecule has 0 spiro atoms. The molecule has 0 saturated heterocycles. The molecule has 1 atom stereocenters. The summed E-state index contributed by atoms with van der Waals surface area (Å²) in [6.07, 6.45) is 0.180. The molecule has 2 rings (SSSR count). The maximum Gasteiger partial charge on any atom is 0.417 e. The van der Waals surface area contributed by atoms with Gasteiger partial charge in [0.15, 0.2) is 5.82 Å². The zero-order valence-electron chi connectivity index (χ0n) is 10.5. The molecular formula is C11H15N3O3S. The minimum Gasteiger partial charge on any atom is -0.442 e. The lowest BCUT2D eigenvalue weighted by Crippen LogP contribution is -2.00. The first kappa shape index (κ1) is 13.0. The summed E-state index contributed by atoms with van der Waals surface area (Å²) in [7, 11) is 0. The van der Waals surface area contributed by atoms with Crippen molar-refractivity contribution < 1.29 is 14.0 Å². The van der Waals surface area contributed by atoms with E-state index in [0.717, 1.165) is 10.7 Å². The Hall–Kier alpha value is -1.47. The highest BCUT2D eigenvalue weighted by Gasteiger charge is 2.11. The number of thiazole rings is 1. The quantitative estimate of drug-likeness (QED) is 0.802. The summed E-state index contributed by atoms with van der Waals surface area (Å²) in [5.74, 6) is 0.550. The summed E-state index contributed by atoms with van der Waals surface area (Å²) < 4.78 is 15.6. The lowest BCUT2D eigenvalue weighted by atomic mass is 10.4. The first-order valence-corrected chi connectivity index (χ1v) is 6.56. The SMILES string of the molecule is CCO[C@H](C)c1nc(COc2nc(C)no2)cs1. The zero-order chi connectivity index (χ0) is 13.0. The van der Waals surface area contributed by atoms with Crippen LogP contribution in [0, 0.1) is 6.92 Å². The van der Waals surface area contributed by atoms with Gasteiger partial charge in [-0.05, 0) is 20.8 Å². The third kappa shape index (κ3) is 3.27. The fourth-order valence-corrected chi connectivity index (χ4v) is 2.18. The summed E-state index contributed by atoms with van der Waals surface area (Å²) in [6.45, 7) is 6.67. The number of hydrogen-bond donors (Lipinski definition) is 0. The van der Waals surface area contributed by atoms with Gasteiger partial charge in [-0.25, -0.2) is 4.98 Å². The third-order valence-corrected chi connectivity index (χ3v) is 3.24. The second-order valence-corrected chi connectivity index (χ2v) is 4.56. The predicted molar refractivity (Wildman–Crippen MR) is 65.5 cm³/mol. The second kappa shape index (κ2) is 5.92. The molecule has 0 bridgehead atoms. The number of aryl methyl sites for hydroxylation is 1. The van der Waals surface area contributed by atoms with Crippen molar-refractivity contribution in [3.63, 3.8) is 0 Å². The molecular weight excluding hydrogens is 254 g/mol. The summed E-state index contributed by atoms with van der Waals surface area (Å²) in [5, 5.41) is 6.52. The van der Waals surface area contributed by atoms with Gasteiger partial charge in [0.05, 0.1) is 5.69 Å². The van der Waals surface area contributed by atoms with Crippen LogP contribution in [-0.2, 0) is 11.3 Å². The van der Waals surface area contributed by atoms with Gasteiger partial charge >= 0.3 is 6.08 Å². The van der Waals surface area contributed by atoms with Crippen molar-refractivity contribution in [1.82, 2.24) is 15.1 Å². The van der Waals surface area contributed by atoms with Crippen LogP contribution in [0.1, 0.15) is 36.5 Å². The van der Waals surface area contributed by atoms with Crippen LogP contribution in [-0.4, -0.2) is 21.7 Å². The van der Waals surface area contributed by atoms with Crippen molar-refractivity contribution in [1.29, 1.82) is 0 Å². The number of aromatic nitrogens is 3. The van der Waals surface area contributed by atoms with Gasteiger partial charge in [0, 0.05) is 12.0 Å². The van der Waals surface area contributed by atoms with Crippen LogP contribution in [0.15, 0.2) is 9.90 Å². The van der Waals surface area contributed by atoms with Gasteiger partial charge in [0.1, 0.15) is 17.7 Å². The molecule has 0 aliphatic heterocycles. The van der Waals surface area contributed by atoms with Crippen molar-refractivity contribution in [3.05, 3.63) is 21.9 Å². The lowest BCUT2D eigenvalue weighted by molar-refractivity contribution is 0.0759. The summed E-state index contributed by atoms with van der Waals surface area (Å²) in [6, 6.07) is 0. The molecule has 18 heavy (non-hydrogen) atoms. The van der Waals surface area contributed by atoms with Crippen LogP contribution in [0.5, 0.6) is 6.08 Å². The number of hydrogen-bond acceptors (Lipinski definition) is 7. The fraction of sp³-hybridized carbons (Fsp3) is 0.545. The van der Waals surface area contributed by atoms with Crippen LogP contribution in [0.25, 0.3) is 0 Å². The van der Waals surface area contributed by atoms with Gasteiger partial charge in [-0.3, -0.25) is 4.52 Å². The van der Waals surface area contributed by atoms with Gasteiger partial charge in [0.2, 0.25) is 0 Å². The van der Waals surface area contributed by atoms with Gasteiger partial charge in [-0.1, -0.05) is 5.16 Å². The normalized spacial score (nSPS) is 12.6. The molecule has 2 heterocycles. The smallest absolute Gasteiger partial charge is 0.417 e. The molecule has 0 aliphatic carbocycles. The molecule has 0 aliphatic rings. The Bertz CT molecular complexity index is 497. The van der Waals surface area contributed by atoms with E-state index in [1.807, 2.05) is 19.2 Å². The van der Waals surface area contributed by atoms with Gasteiger partial charge in [0.25, 0.3) is 0 Å². The number of nitrogens with zero attached hydrogens (tertiary/aromatic N) is 3. The van der Waals surface area contributed by atoms with Crippen LogP contribution in [0.3, 0.4) is 0 Å². The van der Waals surface area contributed by atoms with Crippen molar-refractivity contribution in [2.24, 2.45) is 0 Å². The minimum absolute atomic E-state index is 0.0133. The van der Waals surface area contributed by atoms with Crippen molar-refractivity contribution >= 4 is 11.3 Å². The van der Waals surface area contributed by atoms with E-state index in [9.17, 15) is 0 Å². The molecule has 0 fully saturated rings. The Morgan fingerprint density at radius 3 is 2.94 bits per heavy atom. The highest BCUT2D eigenvalue weighted by Crippen LogP contribution is 2.21. The molecule has 0 N–H and O–H groups in total. The maximum atomic E-state index is 5.47. The van der Waals surface area contributed by atoms with E-state index in [-0.39, 0.29) is 12.2 Å². The summed E-state index contributed by atoms with van der Waals surface area (Å²) >= 11 is 1.56. The van der Waals surface area contributed by atoms with E-state index < -0.39 is 0 Å². The molecule has 6 nitrogen and oxygen atoms in total. The molecule has 0 aromatic carbocycles. The maximum absolute atomic E-state index is 5.47. The second-order valence-electron chi connectivity index (χ2n) is 3.67. The Balaban J connectivity index is 1.90. The summed E-state index contributed by atoms with van der Waals surface area (Å²) in [4.78, 5) is 8.38. The predicted octanol–water partition coefficient (Wildman–Crippen LogP) is 2.51. The molecule has 98 valence electrons. The Kier molecular flexibility index (Phi) is 4.27. The van der Waals surface area contributed by atoms with E-state index >= 15 is 0 Å². The Morgan fingerprint density at radius 2 is 2.28 bits per heavy atom. The first-order valence-electron chi connectivity index (χ1n) is 5.68. The largest absolute Gasteiger partial charge is 0.442 e. The van der Waals surface area contributed by atoms with Gasteiger partial charge < -0.3 is 9.47 Å². The van der Waals surface area contributed by atoms with Crippen molar-refractivity contribution in [2.45, 2.75) is 33.5 Å². The van der Waals surface area contributed by atoms with Crippen molar-refractivity contribution in [2.75, 3.05) is 6.61 Å². The average Bonchev–Trinajstić information content (AvgIpc) is 2.95. The highest BCUT2D eigenvalue weighted by atomic mass is 32.1. The zero-order valence-corrected chi connectivity index (χ0v) is 11.4. The van der Waals surface area contributed by atoms with E-state index in [1.54, 1.807) is 18.3 Å². The number of rotatable bonds is 6. The molecule has 0 amide bonds. The Morgan fingerprint density at radius 1 is 1.44 bits per heavy atom. The first-order chi connectivity index (χ1) is 8.69. The van der Waals surface area contributed by atoms with Crippen LogP contribution in [0.4, 0.5) is 0 Å². The topological polar surface area (TPSA) is 70.3 Å². The standard InChI is InChI=1S/C11H15N3O3S/c1-4-15-7(2)10-13-9(6-18-10)5-16-11-12-8(3)14-17-11/h6-7H,4-5H2,1-3H3/t7-/m1/s1. The van der Waals surface area contributed by atoms with Crippen LogP contribution < -0.4 is 4.74 Å². The summed E-state index contributed by atoms with van der Waals surface area (Å²) in [5.41, 5.74) is 0.831. The lowest BCUT2D eigenvalue weighted by Gasteiger charge is -2.06. The molecule has 0 unspecified atom stereocenters. The van der Waals surface area contributed by atoms with E-state index in [2.05, 4.69) is 15.1 Å². The average molecular weight is 269 g/mol. The molecule has 2 aromatic rings. The van der Waals surface area contributed by atoms with E-state index in [4.69, 9.17) is 14.0 Å². The molecule has 0 radical (unpaired) electrons. The third-order valence-electron chi connectivity index (χ3n) is 2.19.